The Balaban J connectivity index is 2.37. The molecule has 0 aliphatic heterocycles. The molecule has 0 fully saturated rings. The van der Waals surface area contributed by atoms with Crippen LogP contribution in [0, 0.1) is 10.1 Å². The number of nitro benzene ring substituents is 1. The number of benzene rings is 2. The lowest BCUT2D eigenvalue weighted by molar-refractivity contribution is -0.384. The number of nitrogens with one attached hydrogen (secondary N) is 1. The van der Waals surface area contributed by atoms with Gasteiger partial charge in [-0.2, -0.15) is 0 Å². The monoisotopic (exact) mass is 423 g/mol. The van der Waals surface area contributed by atoms with Crippen molar-refractivity contribution in [1.82, 2.24) is 0 Å². The summed E-state index contributed by atoms with van der Waals surface area (Å²) in [6.45, 7) is 1.41. The fourth-order valence-electron chi connectivity index (χ4n) is 2.71. The molecule has 2 aromatic carbocycles. The van der Waals surface area contributed by atoms with Crippen molar-refractivity contribution in [1.29, 1.82) is 0 Å². The molecule has 0 saturated heterocycles. The number of anilines is 2. The molecule has 0 aliphatic rings. The largest absolute Gasteiger partial charge is 0.493 e. The zero-order valence-corrected chi connectivity index (χ0v) is 17.1. The molecule has 1 N–H and O–H groups in total. The minimum absolute atomic E-state index is 0.178. The van der Waals surface area contributed by atoms with E-state index in [0.29, 0.717) is 11.5 Å². The number of hydrogen-bond acceptors (Lipinski definition) is 7. The fourth-order valence-corrected chi connectivity index (χ4v) is 3.88. The minimum atomic E-state index is -3.85. The van der Waals surface area contributed by atoms with Crippen molar-refractivity contribution in [2.75, 3.05) is 30.1 Å². The van der Waals surface area contributed by atoms with Gasteiger partial charge in [-0.3, -0.25) is 19.2 Å². The summed E-state index contributed by atoms with van der Waals surface area (Å²) in [6, 6.07) is 8.66. The van der Waals surface area contributed by atoms with E-state index in [4.69, 9.17) is 9.47 Å². The molecule has 156 valence electrons. The van der Waals surface area contributed by atoms with Gasteiger partial charge in [0, 0.05) is 23.9 Å². The van der Waals surface area contributed by atoms with Gasteiger partial charge in [0.05, 0.1) is 31.1 Å². The number of ether oxygens (including phenoxy) is 2. The molecule has 0 aromatic heterocycles. The summed E-state index contributed by atoms with van der Waals surface area (Å²) in [7, 11) is -1.000. The number of hydrogen-bond donors (Lipinski definition) is 1. The van der Waals surface area contributed by atoms with Gasteiger partial charge in [0.2, 0.25) is 15.9 Å². The smallest absolute Gasteiger partial charge is 0.271 e. The molecule has 0 heterocycles. The van der Waals surface area contributed by atoms with Crippen molar-refractivity contribution in [2.24, 2.45) is 0 Å². The molecule has 0 bridgehead atoms. The number of non-ortho nitro benzene ring substituents is 1. The van der Waals surface area contributed by atoms with Crippen LogP contribution in [0.3, 0.4) is 0 Å². The molecule has 2 rings (SSSR count). The number of amides is 1. The Bertz CT molecular complexity index is 1020. The molecule has 29 heavy (non-hydrogen) atoms. The minimum Gasteiger partial charge on any atom is -0.493 e. The number of carbonyl (C=O) groups is 1. The third-order valence-electron chi connectivity index (χ3n) is 4.03. The predicted molar refractivity (Wildman–Crippen MR) is 108 cm³/mol. The highest BCUT2D eigenvalue weighted by Crippen LogP contribution is 2.33. The molecule has 0 radical (unpaired) electrons. The first kappa shape index (κ1) is 22.0. The van der Waals surface area contributed by atoms with Crippen LogP contribution in [0.4, 0.5) is 17.1 Å². The Kier molecular flexibility index (Phi) is 6.64. The van der Waals surface area contributed by atoms with E-state index in [9.17, 15) is 23.3 Å². The van der Waals surface area contributed by atoms with Gasteiger partial charge in [0.25, 0.3) is 5.69 Å². The van der Waals surface area contributed by atoms with Crippen LogP contribution in [0.15, 0.2) is 42.5 Å². The topological polar surface area (TPSA) is 128 Å². The highest BCUT2D eigenvalue weighted by molar-refractivity contribution is 7.92. The summed E-state index contributed by atoms with van der Waals surface area (Å²) in [4.78, 5) is 23.0. The maximum atomic E-state index is 12.7. The van der Waals surface area contributed by atoms with Gasteiger partial charge in [0.1, 0.15) is 6.04 Å². The van der Waals surface area contributed by atoms with Crippen LogP contribution in [0.5, 0.6) is 11.5 Å². The maximum absolute atomic E-state index is 12.7. The quantitative estimate of drug-likeness (QED) is 0.510. The van der Waals surface area contributed by atoms with Gasteiger partial charge in [-0.25, -0.2) is 8.42 Å². The van der Waals surface area contributed by atoms with Crippen LogP contribution in [-0.2, 0) is 14.8 Å². The van der Waals surface area contributed by atoms with E-state index in [1.165, 1.54) is 63.6 Å². The van der Waals surface area contributed by atoms with E-state index < -0.39 is 26.9 Å². The van der Waals surface area contributed by atoms with Crippen LogP contribution in [-0.4, -0.2) is 45.8 Å². The first-order valence-electron chi connectivity index (χ1n) is 8.35. The Morgan fingerprint density at radius 2 is 1.79 bits per heavy atom. The van der Waals surface area contributed by atoms with Gasteiger partial charge in [0.15, 0.2) is 11.5 Å². The van der Waals surface area contributed by atoms with Crippen molar-refractivity contribution >= 4 is 33.0 Å². The van der Waals surface area contributed by atoms with Crippen molar-refractivity contribution in [2.45, 2.75) is 13.0 Å². The number of nitrogens with zero attached hydrogens (tertiary/aromatic N) is 2. The second-order valence-corrected chi connectivity index (χ2v) is 7.93. The van der Waals surface area contributed by atoms with E-state index in [2.05, 4.69) is 5.32 Å². The van der Waals surface area contributed by atoms with E-state index in [-0.39, 0.29) is 17.1 Å². The summed E-state index contributed by atoms with van der Waals surface area (Å²) in [5, 5.41) is 13.4. The summed E-state index contributed by atoms with van der Waals surface area (Å²) in [5.74, 6) is 0.0362. The fraction of sp³-hybridized carbons (Fsp3) is 0.278. The second kappa shape index (κ2) is 8.78. The van der Waals surface area contributed by atoms with Crippen LogP contribution >= 0.6 is 0 Å². The zero-order chi connectivity index (χ0) is 21.8. The van der Waals surface area contributed by atoms with Crippen LogP contribution in [0.25, 0.3) is 0 Å². The van der Waals surface area contributed by atoms with Crippen molar-refractivity contribution < 1.29 is 27.6 Å². The van der Waals surface area contributed by atoms with Crippen molar-refractivity contribution in [3.05, 3.63) is 52.6 Å². The summed E-state index contributed by atoms with van der Waals surface area (Å²) < 4.78 is 36.1. The van der Waals surface area contributed by atoms with E-state index in [1.54, 1.807) is 0 Å². The third kappa shape index (κ3) is 5.13. The average molecular weight is 423 g/mol. The van der Waals surface area contributed by atoms with Gasteiger partial charge in [-0.1, -0.05) is 6.07 Å². The average Bonchev–Trinajstić information content (AvgIpc) is 2.66. The molecule has 0 unspecified atom stereocenters. The Morgan fingerprint density at radius 3 is 2.34 bits per heavy atom. The number of rotatable bonds is 8. The van der Waals surface area contributed by atoms with Crippen LogP contribution in [0.2, 0.25) is 0 Å². The molecule has 1 amide bonds. The van der Waals surface area contributed by atoms with Crippen molar-refractivity contribution in [3.8, 4) is 11.5 Å². The van der Waals surface area contributed by atoms with Gasteiger partial charge >= 0.3 is 0 Å². The first-order chi connectivity index (χ1) is 13.6. The van der Waals surface area contributed by atoms with E-state index >= 15 is 0 Å². The summed E-state index contributed by atoms with van der Waals surface area (Å²) in [6.07, 6.45) is 0.973. The summed E-state index contributed by atoms with van der Waals surface area (Å²) >= 11 is 0. The molecular formula is C18H21N3O7S. The molecule has 0 aliphatic carbocycles. The highest BCUT2D eigenvalue weighted by atomic mass is 32.2. The predicted octanol–water partition coefficient (Wildman–Crippen LogP) is 2.41. The lowest BCUT2D eigenvalue weighted by Crippen LogP contribution is -2.45. The molecule has 10 nitrogen and oxygen atoms in total. The van der Waals surface area contributed by atoms with Gasteiger partial charge in [-0.15, -0.1) is 0 Å². The molecule has 11 heteroatoms. The standard InChI is InChI=1S/C18H21N3O7S/c1-12(18(22)19-13-6-5-7-15(10-13)21(23)24)20(29(4,25)26)14-8-9-16(27-2)17(11-14)28-3/h5-12H,1-4H3,(H,19,22)/t12-/m1/s1. The van der Waals surface area contributed by atoms with Gasteiger partial charge < -0.3 is 14.8 Å². The Hall–Kier alpha value is -3.34. The molecule has 1 atom stereocenters. The normalized spacial score (nSPS) is 12.0. The Morgan fingerprint density at radius 1 is 1.14 bits per heavy atom. The van der Waals surface area contributed by atoms with E-state index in [1.807, 2.05) is 0 Å². The molecule has 0 spiro atoms. The van der Waals surface area contributed by atoms with E-state index in [0.717, 1.165) is 10.6 Å². The maximum Gasteiger partial charge on any atom is 0.271 e. The highest BCUT2D eigenvalue weighted by Gasteiger charge is 2.30. The Labute approximate surface area is 168 Å². The SMILES string of the molecule is COc1ccc(N([C@H](C)C(=O)Nc2cccc([N+](=O)[O-])c2)S(C)(=O)=O)cc1OC. The lowest BCUT2D eigenvalue weighted by atomic mass is 10.2. The van der Waals surface area contributed by atoms with Crippen molar-refractivity contribution in [3.63, 3.8) is 0 Å². The first-order valence-corrected chi connectivity index (χ1v) is 10.2. The summed E-state index contributed by atoms with van der Waals surface area (Å²) in [5.41, 5.74) is 0.180. The molecule has 2 aromatic rings. The lowest BCUT2D eigenvalue weighted by Gasteiger charge is -2.28. The number of carbonyl (C=O) groups excluding carboxylic acids is 1. The second-order valence-electron chi connectivity index (χ2n) is 6.07. The number of sulfonamides is 1. The molecular weight excluding hydrogens is 402 g/mol. The third-order valence-corrected chi connectivity index (χ3v) is 5.28. The molecule has 0 saturated carbocycles. The number of methoxy groups -OCH3 is 2. The number of nitro groups is 1. The zero-order valence-electron chi connectivity index (χ0n) is 16.3. The van der Waals surface area contributed by atoms with Crippen LogP contribution in [0.1, 0.15) is 6.92 Å². The van der Waals surface area contributed by atoms with Gasteiger partial charge in [-0.05, 0) is 25.1 Å². The van der Waals surface area contributed by atoms with Crippen LogP contribution < -0.4 is 19.1 Å².